The first-order valence-electron chi connectivity index (χ1n) is 11.7. The number of phenolic OH excluding ortho intramolecular Hbond substituents is 1. The number of carboxylic acid groups (broad SMARTS) is 1. The first-order chi connectivity index (χ1) is 16.7. The van der Waals surface area contributed by atoms with Crippen LogP contribution in [0.15, 0.2) is 24.3 Å². The lowest BCUT2D eigenvalue weighted by molar-refractivity contribution is -0.142. The first kappa shape index (κ1) is 29.8. The summed E-state index contributed by atoms with van der Waals surface area (Å²) in [5.74, 6) is -2.95. The number of benzene rings is 1. The predicted molar refractivity (Wildman–Crippen MR) is 130 cm³/mol. The van der Waals surface area contributed by atoms with Gasteiger partial charge in [0, 0.05) is 6.42 Å². The number of unbranched alkanes of at least 4 members (excludes halogenated alkanes) is 2. The number of rotatable bonds is 17. The number of nitrogens with two attached hydrogens (primary N) is 3. The van der Waals surface area contributed by atoms with Gasteiger partial charge in [-0.15, -0.1) is 0 Å². The minimum atomic E-state index is -1.24. The number of amides is 3. The summed E-state index contributed by atoms with van der Waals surface area (Å²) in [5.41, 5.74) is 17.3. The topological polar surface area (TPSA) is 223 Å². The van der Waals surface area contributed by atoms with Gasteiger partial charge in [0.05, 0.1) is 12.6 Å². The minimum Gasteiger partial charge on any atom is -0.508 e. The van der Waals surface area contributed by atoms with E-state index < -0.39 is 41.8 Å². The van der Waals surface area contributed by atoms with Gasteiger partial charge in [0.25, 0.3) is 0 Å². The molecule has 0 aliphatic rings. The molecule has 0 aliphatic carbocycles. The molecule has 196 valence electrons. The average molecular weight is 495 g/mol. The third-order valence-electron chi connectivity index (χ3n) is 5.32. The molecular weight excluding hydrogens is 456 g/mol. The highest BCUT2D eigenvalue weighted by atomic mass is 16.4. The Morgan fingerprint density at radius 2 is 1.43 bits per heavy atom. The van der Waals surface area contributed by atoms with Crippen molar-refractivity contribution in [3.8, 4) is 5.75 Å². The van der Waals surface area contributed by atoms with E-state index in [9.17, 15) is 29.4 Å². The van der Waals surface area contributed by atoms with Gasteiger partial charge in [-0.2, -0.15) is 0 Å². The number of hydrogen-bond donors (Lipinski definition) is 8. The van der Waals surface area contributed by atoms with E-state index in [4.69, 9.17) is 17.2 Å². The van der Waals surface area contributed by atoms with Gasteiger partial charge in [-0.3, -0.25) is 14.4 Å². The summed E-state index contributed by atoms with van der Waals surface area (Å²) in [4.78, 5) is 49.0. The van der Waals surface area contributed by atoms with Crippen LogP contribution in [-0.2, 0) is 25.6 Å². The quantitative estimate of drug-likeness (QED) is 0.120. The van der Waals surface area contributed by atoms with Crippen LogP contribution in [0.3, 0.4) is 0 Å². The second kappa shape index (κ2) is 16.4. The first-order valence-corrected chi connectivity index (χ1v) is 11.7. The summed E-state index contributed by atoms with van der Waals surface area (Å²) in [5, 5.41) is 26.4. The molecule has 0 bridgehead atoms. The molecule has 12 nitrogen and oxygen atoms in total. The molecule has 0 radical (unpaired) electrons. The van der Waals surface area contributed by atoms with Crippen molar-refractivity contribution in [1.29, 1.82) is 0 Å². The lowest BCUT2D eigenvalue weighted by atomic mass is 10.0. The van der Waals surface area contributed by atoms with Crippen LogP contribution in [0.4, 0.5) is 0 Å². The Labute approximate surface area is 205 Å². The lowest BCUT2D eigenvalue weighted by Gasteiger charge is -2.22. The fraction of sp³-hybridized carbons (Fsp3) is 0.565. The molecule has 12 heteroatoms. The van der Waals surface area contributed by atoms with E-state index in [2.05, 4.69) is 16.0 Å². The van der Waals surface area contributed by atoms with Crippen molar-refractivity contribution in [2.75, 3.05) is 19.6 Å². The molecule has 0 saturated carbocycles. The van der Waals surface area contributed by atoms with E-state index in [0.717, 1.165) is 6.42 Å². The van der Waals surface area contributed by atoms with Crippen molar-refractivity contribution in [1.82, 2.24) is 16.0 Å². The van der Waals surface area contributed by atoms with Gasteiger partial charge < -0.3 is 43.4 Å². The summed E-state index contributed by atoms with van der Waals surface area (Å²) in [6.45, 7) is 0.529. The Hall–Kier alpha value is -3.22. The molecule has 1 rings (SSSR count). The minimum absolute atomic E-state index is 0.0110. The molecule has 0 aromatic heterocycles. The van der Waals surface area contributed by atoms with Crippen molar-refractivity contribution in [3.63, 3.8) is 0 Å². The molecule has 0 heterocycles. The van der Waals surface area contributed by atoms with E-state index in [-0.39, 0.29) is 25.1 Å². The van der Waals surface area contributed by atoms with Crippen LogP contribution in [0.25, 0.3) is 0 Å². The summed E-state index contributed by atoms with van der Waals surface area (Å²) in [6, 6.07) is 2.93. The molecule has 0 fully saturated rings. The molecule has 35 heavy (non-hydrogen) atoms. The zero-order valence-electron chi connectivity index (χ0n) is 19.9. The summed E-state index contributed by atoms with van der Waals surface area (Å²) in [7, 11) is 0. The van der Waals surface area contributed by atoms with Gasteiger partial charge >= 0.3 is 5.97 Å². The Balaban J connectivity index is 2.71. The highest BCUT2D eigenvalue weighted by molar-refractivity contribution is 5.92. The number of aliphatic carboxylic acids is 1. The van der Waals surface area contributed by atoms with Crippen molar-refractivity contribution < 1.29 is 29.4 Å². The van der Waals surface area contributed by atoms with Crippen LogP contribution in [-0.4, -0.2) is 71.7 Å². The van der Waals surface area contributed by atoms with Crippen molar-refractivity contribution in [2.45, 2.75) is 63.1 Å². The average Bonchev–Trinajstić information content (AvgIpc) is 2.82. The maximum atomic E-state index is 12.8. The van der Waals surface area contributed by atoms with Crippen LogP contribution in [0.5, 0.6) is 5.75 Å². The fourth-order valence-corrected chi connectivity index (χ4v) is 3.29. The number of nitrogens with one attached hydrogen (secondary N) is 3. The number of aromatic hydroxyl groups is 1. The van der Waals surface area contributed by atoms with E-state index in [1.165, 1.54) is 12.1 Å². The molecule has 1 aromatic carbocycles. The number of phenols is 1. The molecule has 0 aliphatic heterocycles. The summed E-state index contributed by atoms with van der Waals surface area (Å²) < 4.78 is 0. The Kier molecular flexibility index (Phi) is 14.0. The van der Waals surface area contributed by atoms with E-state index in [0.29, 0.717) is 44.3 Å². The maximum absolute atomic E-state index is 12.8. The highest BCUT2D eigenvalue weighted by Crippen LogP contribution is 2.12. The number of carbonyl (C=O) groups is 4. The van der Waals surface area contributed by atoms with E-state index in [1.807, 2.05) is 0 Å². The Morgan fingerprint density at radius 1 is 0.829 bits per heavy atom. The van der Waals surface area contributed by atoms with Crippen LogP contribution >= 0.6 is 0 Å². The number of hydrogen-bond acceptors (Lipinski definition) is 8. The zero-order chi connectivity index (χ0) is 26.2. The van der Waals surface area contributed by atoms with Crippen LogP contribution in [0, 0.1) is 0 Å². The van der Waals surface area contributed by atoms with Gasteiger partial charge in [0.15, 0.2) is 0 Å². The normalized spacial score (nSPS) is 13.3. The lowest BCUT2D eigenvalue weighted by Crippen LogP contribution is -2.54. The maximum Gasteiger partial charge on any atom is 0.326 e. The monoisotopic (exact) mass is 494 g/mol. The summed E-state index contributed by atoms with van der Waals surface area (Å²) in [6.07, 6.45) is 3.25. The summed E-state index contributed by atoms with van der Waals surface area (Å²) >= 11 is 0. The van der Waals surface area contributed by atoms with Gasteiger partial charge in [-0.05, 0) is 62.9 Å². The van der Waals surface area contributed by atoms with Gasteiger partial charge in [0.1, 0.15) is 17.8 Å². The van der Waals surface area contributed by atoms with Crippen molar-refractivity contribution >= 4 is 23.7 Å². The number of carboxylic acids is 1. The molecule has 1 aromatic rings. The smallest absolute Gasteiger partial charge is 0.326 e. The van der Waals surface area contributed by atoms with Crippen LogP contribution < -0.4 is 33.2 Å². The van der Waals surface area contributed by atoms with Crippen molar-refractivity contribution in [3.05, 3.63) is 29.8 Å². The van der Waals surface area contributed by atoms with Crippen molar-refractivity contribution in [2.24, 2.45) is 17.2 Å². The van der Waals surface area contributed by atoms with Gasteiger partial charge in [-0.25, -0.2) is 4.79 Å². The van der Waals surface area contributed by atoms with E-state index >= 15 is 0 Å². The second-order valence-electron chi connectivity index (χ2n) is 8.28. The standard InChI is InChI=1S/C23H38N6O6/c24-11-3-1-5-17(26)21(32)27-14-20(31)28-18(6-2-4-12-25)22(33)29-19(23(34)35)13-15-7-9-16(30)10-8-15/h7-10,17-19,30H,1-6,11-14,24-26H2,(H,27,32)(H,28,31)(H,29,33)(H,34,35). The molecule has 0 saturated heterocycles. The largest absolute Gasteiger partial charge is 0.508 e. The molecular formula is C23H38N6O6. The third-order valence-corrected chi connectivity index (χ3v) is 5.32. The zero-order valence-corrected chi connectivity index (χ0v) is 19.9. The SMILES string of the molecule is NCCCCC(N)C(=O)NCC(=O)NC(CCCCN)C(=O)NC(Cc1ccc(O)cc1)C(=O)O. The predicted octanol–water partition coefficient (Wildman–Crippen LogP) is -1.31. The Bertz CT molecular complexity index is 819. The third kappa shape index (κ3) is 12.2. The molecule has 11 N–H and O–H groups in total. The number of carbonyl (C=O) groups excluding carboxylic acids is 3. The molecule has 3 unspecified atom stereocenters. The van der Waals surface area contributed by atoms with Gasteiger partial charge in [-0.1, -0.05) is 18.6 Å². The fourth-order valence-electron chi connectivity index (χ4n) is 3.29. The Morgan fingerprint density at radius 3 is 2.00 bits per heavy atom. The van der Waals surface area contributed by atoms with Gasteiger partial charge in [0.2, 0.25) is 17.7 Å². The molecule has 3 atom stereocenters. The van der Waals surface area contributed by atoms with Crippen LogP contribution in [0.1, 0.15) is 44.1 Å². The van der Waals surface area contributed by atoms with Crippen LogP contribution in [0.2, 0.25) is 0 Å². The second-order valence-corrected chi connectivity index (χ2v) is 8.28. The molecule has 0 spiro atoms. The molecule has 3 amide bonds. The van der Waals surface area contributed by atoms with E-state index in [1.54, 1.807) is 12.1 Å². The highest BCUT2D eigenvalue weighted by Gasteiger charge is 2.27.